The van der Waals surface area contributed by atoms with E-state index in [1.807, 2.05) is 28.8 Å². The SMILES string of the molecule is Cc1ccc([C@@H](C)N(C)Cc2noc(-c3cccs3)n2)s1. The van der Waals surface area contributed by atoms with E-state index < -0.39 is 0 Å². The summed E-state index contributed by atoms with van der Waals surface area (Å²) in [5.74, 6) is 1.33. The van der Waals surface area contributed by atoms with E-state index in [0.29, 0.717) is 18.5 Å². The molecule has 3 aromatic rings. The van der Waals surface area contributed by atoms with Gasteiger partial charge in [0.25, 0.3) is 5.89 Å². The minimum absolute atomic E-state index is 0.340. The van der Waals surface area contributed by atoms with Crippen LogP contribution < -0.4 is 0 Å². The molecule has 0 aliphatic carbocycles. The van der Waals surface area contributed by atoms with Gasteiger partial charge < -0.3 is 4.52 Å². The van der Waals surface area contributed by atoms with Crippen molar-refractivity contribution in [2.24, 2.45) is 0 Å². The molecular weight excluding hydrogens is 302 g/mol. The van der Waals surface area contributed by atoms with Crippen molar-refractivity contribution < 1.29 is 4.52 Å². The Labute approximate surface area is 132 Å². The second-order valence-electron chi connectivity index (χ2n) is 5.03. The first-order valence-electron chi connectivity index (χ1n) is 6.76. The predicted molar refractivity (Wildman–Crippen MR) is 86.5 cm³/mol. The lowest BCUT2D eigenvalue weighted by molar-refractivity contribution is 0.246. The normalized spacial score (nSPS) is 13.0. The molecule has 4 nitrogen and oxygen atoms in total. The van der Waals surface area contributed by atoms with E-state index in [-0.39, 0.29) is 0 Å². The van der Waals surface area contributed by atoms with Gasteiger partial charge in [0, 0.05) is 15.8 Å². The molecule has 0 amide bonds. The molecule has 0 aliphatic rings. The van der Waals surface area contributed by atoms with Crippen molar-refractivity contribution in [2.45, 2.75) is 26.4 Å². The van der Waals surface area contributed by atoms with Gasteiger partial charge in [-0.15, -0.1) is 22.7 Å². The largest absolute Gasteiger partial charge is 0.333 e. The lowest BCUT2D eigenvalue weighted by Gasteiger charge is -2.21. The van der Waals surface area contributed by atoms with Crippen LogP contribution in [0.4, 0.5) is 0 Å². The van der Waals surface area contributed by atoms with Gasteiger partial charge in [-0.1, -0.05) is 11.2 Å². The summed E-state index contributed by atoms with van der Waals surface area (Å²) in [4.78, 5) is 10.4. The van der Waals surface area contributed by atoms with Crippen molar-refractivity contribution in [3.05, 3.63) is 45.2 Å². The van der Waals surface area contributed by atoms with Crippen molar-refractivity contribution in [1.82, 2.24) is 15.0 Å². The summed E-state index contributed by atoms with van der Waals surface area (Å²) in [5.41, 5.74) is 0. The van der Waals surface area contributed by atoms with E-state index in [1.54, 1.807) is 11.3 Å². The molecule has 0 saturated carbocycles. The Hall–Kier alpha value is -1.50. The first-order chi connectivity index (χ1) is 10.1. The Kier molecular flexibility index (Phi) is 4.19. The molecule has 110 valence electrons. The highest BCUT2D eigenvalue weighted by Gasteiger charge is 2.17. The lowest BCUT2D eigenvalue weighted by Crippen LogP contribution is -2.21. The van der Waals surface area contributed by atoms with Gasteiger partial charge in [0.2, 0.25) is 0 Å². The summed E-state index contributed by atoms with van der Waals surface area (Å²) in [7, 11) is 2.08. The first-order valence-corrected chi connectivity index (χ1v) is 8.46. The van der Waals surface area contributed by atoms with Crippen LogP contribution in [0, 0.1) is 6.92 Å². The fraction of sp³-hybridized carbons (Fsp3) is 0.333. The Morgan fingerprint density at radius 1 is 1.33 bits per heavy atom. The smallest absolute Gasteiger partial charge is 0.268 e. The third kappa shape index (κ3) is 3.23. The van der Waals surface area contributed by atoms with Gasteiger partial charge in [-0.25, -0.2) is 0 Å². The molecule has 6 heteroatoms. The standard InChI is InChI=1S/C15H17N3OS2/c1-10-6-7-12(21-10)11(2)18(3)9-14-16-15(19-17-14)13-5-4-8-20-13/h4-8,11H,9H2,1-3H3/t11-/m1/s1. The van der Waals surface area contributed by atoms with Crippen molar-refractivity contribution in [1.29, 1.82) is 0 Å². The predicted octanol–water partition coefficient (Wildman–Crippen LogP) is 4.36. The number of hydrogen-bond donors (Lipinski definition) is 0. The van der Waals surface area contributed by atoms with Gasteiger partial charge in [-0.2, -0.15) is 4.98 Å². The van der Waals surface area contributed by atoms with Crippen molar-refractivity contribution >= 4 is 22.7 Å². The fourth-order valence-electron chi connectivity index (χ4n) is 2.07. The zero-order chi connectivity index (χ0) is 14.8. The van der Waals surface area contributed by atoms with E-state index >= 15 is 0 Å². The van der Waals surface area contributed by atoms with Crippen LogP contribution in [0.5, 0.6) is 0 Å². The summed E-state index contributed by atoms with van der Waals surface area (Å²) in [5, 5.41) is 6.08. The second kappa shape index (κ2) is 6.09. The zero-order valence-corrected chi connectivity index (χ0v) is 13.9. The molecule has 0 bridgehead atoms. The molecule has 3 rings (SSSR count). The maximum absolute atomic E-state index is 5.32. The highest BCUT2D eigenvalue weighted by molar-refractivity contribution is 7.13. The molecule has 0 spiro atoms. The van der Waals surface area contributed by atoms with E-state index in [0.717, 1.165) is 10.7 Å². The van der Waals surface area contributed by atoms with Gasteiger partial charge in [0.05, 0.1) is 11.4 Å². The topological polar surface area (TPSA) is 42.2 Å². The zero-order valence-electron chi connectivity index (χ0n) is 12.2. The maximum Gasteiger partial charge on any atom is 0.268 e. The van der Waals surface area contributed by atoms with E-state index in [4.69, 9.17) is 4.52 Å². The van der Waals surface area contributed by atoms with Gasteiger partial charge in [-0.3, -0.25) is 4.90 Å². The van der Waals surface area contributed by atoms with Crippen LogP contribution in [0.1, 0.15) is 28.5 Å². The molecule has 0 radical (unpaired) electrons. The maximum atomic E-state index is 5.32. The van der Waals surface area contributed by atoms with Crippen LogP contribution in [0.2, 0.25) is 0 Å². The van der Waals surface area contributed by atoms with Crippen LogP contribution in [0.15, 0.2) is 34.2 Å². The molecule has 0 N–H and O–H groups in total. The third-order valence-electron chi connectivity index (χ3n) is 3.42. The molecular formula is C15H17N3OS2. The third-order valence-corrected chi connectivity index (χ3v) is 5.45. The Morgan fingerprint density at radius 3 is 2.86 bits per heavy atom. The minimum Gasteiger partial charge on any atom is -0.333 e. The molecule has 0 aliphatic heterocycles. The average Bonchev–Trinajstić information content (AvgIpc) is 3.17. The summed E-state index contributed by atoms with van der Waals surface area (Å²) in [6, 6.07) is 8.66. The van der Waals surface area contributed by atoms with Crippen LogP contribution in [-0.4, -0.2) is 22.1 Å². The number of aryl methyl sites for hydroxylation is 1. The summed E-state index contributed by atoms with van der Waals surface area (Å²) < 4.78 is 5.32. The van der Waals surface area contributed by atoms with E-state index in [1.165, 1.54) is 9.75 Å². The van der Waals surface area contributed by atoms with Crippen LogP contribution in [0.25, 0.3) is 10.8 Å². The second-order valence-corrected chi connectivity index (χ2v) is 7.30. The molecule has 0 unspecified atom stereocenters. The van der Waals surface area contributed by atoms with Crippen LogP contribution in [-0.2, 0) is 6.54 Å². The van der Waals surface area contributed by atoms with Gasteiger partial charge in [0.15, 0.2) is 5.82 Å². The molecule has 0 fully saturated rings. The molecule has 0 aromatic carbocycles. The van der Waals surface area contributed by atoms with Crippen molar-refractivity contribution in [2.75, 3.05) is 7.05 Å². The number of thiophene rings is 2. The number of aromatic nitrogens is 2. The average molecular weight is 319 g/mol. The highest BCUT2D eigenvalue weighted by Crippen LogP contribution is 2.27. The van der Waals surface area contributed by atoms with E-state index in [2.05, 4.69) is 48.1 Å². The van der Waals surface area contributed by atoms with Gasteiger partial charge in [0.1, 0.15) is 0 Å². The molecule has 1 atom stereocenters. The highest BCUT2D eigenvalue weighted by atomic mass is 32.1. The molecule has 21 heavy (non-hydrogen) atoms. The monoisotopic (exact) mass is 319 g/mol. The van der Waals surface area contributed by atoms with Crippen molar-refractivity contribution in [3.63, 3.8) is 0 Å². The van der Waals surface area contributed by atoms with E-state index in [9.17, 15) is 0 Å². The molecule has 3 aromatic heterocycles. The summed E-state index contributed by atoms with van der Waals surface area (Å²) in [6.07, 6.45) is 0. The quantitative estimate of drug-likeness (QED) is 0.700. The number of rotatable bonds is 5. The molecule has 3 heterocycles. The summed E-state index contributed by atoms with van der Waals surface area (Å²) in [6.45, 7) is 5.01. The van der Waals surface area contributed by atoms with Gasteiger partial charge in [-0.05, 0) is 44.5 Å². The lowest BCUT2D eigenvalue weighted by atomic mass is 10.2. The fourth-order valence-corrected chi connectivity index (χ4v) is 3.71. The first kappa shape index (κ1) is 14.4. The minimum atomic E-state index is 0.340. The van der Waals surface area contributed by atoms with Crippen LogP contribution >= 0.6 is 22.7 Å². The number of hydrogen-bond acceptors (Lipinski definition) is 6. The molecule has 0 saturated heterocycles. The Bertz CT molecular complexity index is 702. The Morgan fingerprint density at radius 2 is 2.19 bits per heavy atom. The Balaban J connectivity index is 1.69. The number of nitrogens with zero attached hydrogens (tertiary/aromatic N) is 3. The van der Waals surface area contributed by atoms with Crippen molar-refractivity contribution in [3.8, 4) is 10.8 Å². The van der Waals surface area contributed by atoms with Gasteiger partial charge >= 0.3 is 0 Å². The summed E-state index contributed by atoms with van der Waals surface area (Å²) >= 11 is 3.44. The van der Waals surface area contributed by atoms with Crippen LogP contribution in [0.3, 0.4) is 0 Å².